The maximum atomic E-state index is 13.5. The van der Waals surface area contributed by atoms with E-state index in [1.165, 1.54) is 24.8 Å². The van der Waals surface area contributed by atoms with Gasteiger partial charge in [0.2, 0.25) is 11.9 Å². The summed E-state index contributed by atoms with van der Waals surface area (Å²) >= 11 is 0. The molecule has 0 radical (unpaired) electrons. The van der Waals surface area contributed by atoms with Crippen molar-refractivity contribution >= 4 is 23.2 Å². The van der Waals surface area contributed by atoms with Gasteiger partial charge in [-0.05, 0) is 68.4 Å². The number of nitrogens with zero attached hydrogens (tertiary/aromatic N) is 4. The summed E-state index contributed by atoms with van der Waals surface area (Å²) in [5.41, 5.74) is 6.45. The van der Waals surface area contributed by atoms with Gasteiger partial charge in [-0.2, -0.15) is 0 Å². The summed E-state index contributed by atoms with van der Waals surface area (Å²) in [5, 5.41) is 3.16. The highest BCUT2D eigenvalue weighted by Crippen LogP contribution is 2.40. The van der Waals surface area contributed by atoms with Gasteiger partial charge in [-0.1, -0.05) is 104 Å². The molecule has 1 atom stereocenters. The zero-order valence-electron chi connectivity index (χ0n) is 26.3. The Morgan fingerprint density at radius 1 is 0.727 bits per heavy atom. The van der Waals surface area contributed by atoms with Crippen molar-refractivity contribution in [3.63, 3.8) is 0 Å². The van der Waals surface area contributed by atoms with Gasteiger partial charge in [0.1, 0.15) is 0 Å². The van der Waals surface area contributed by atoms with Crippen LogP contribution < -0.4 is 10.2 Å². The number of hydrogen-bond donors (Lipinski definition) is 1. The van der Waals surface area contributed by atoms with Crippen molar-refractivity contribution in [3.05, 3.63) is 120 Å². The van der Waals surface area contributed by atoms with Crippen LogP contribution >= 0.6 is 0 Å². The van der Waals surface area contributed by atoms with Gasteiger partial charge < -0.3 is 20.0 Å². The summed E-state index contributed by atoms with van der Waals surface area (Å²) in [4.78, 5) is 25.5. The molecule has 1 N–H and O–H groups in total. The minimum atomic E-state index is -0.195. The van der Waals surface area contributed by atoms with Gasteiger partial charge in [0.05, 0.1) is 18.2 Å². The van der Waals surface area contributed by atoms with E-state index in [4.69, 9.17) is 4.99 Å². The Morgan fingerprint density at radius 3 is 2.05 bits per heavy atom. The smallest absolute Gasteiger partial charge is 0.222 e. The molecule has 1 amide bonds. The van der Waals surface area contributed by atoms with E-state index in [0.717, 1.165) is 53.5 Å². The number of hydrogen-bond acceptors (Lipinski definition) is 5. The summed E-state index contributed by atoms with van der Waals surface area (Å²) in [6.45, 7) is 2.53. The van der Waals surface area contributed by atoms with Crippen LogP contribution in [0.5, 0.6) is 0 Å². The van der Waals surface area contributed by atoms with E-state index in [-0.39, 0.29) is 11.9 Å². The summed E-state index contributed by atoms with van der Waals surface area (Å²) in [6, 6.07) is 37.2. The standard InChI is InChI=1S/C38H45N5O/c1-41(2)26-14-4-5-15-27-42(3)38-40-35-21-13-12-20-34(35)36(28-37(44)39-29-30-16-8-6-9-17-30)43(38)33-24-22-32(23-25-33)31-18-10-7-11-19-31/h6-13,16-25,36H,4-5,14-15,26-29H2,1-3H3,(H,39,44). The quantitative estimate of drug-likeness (QED) is 0.163. The SMILES string of the molecule is CN(C)CCCCCCN(C)C1=Nc2ccccc2C(CC(=O)NCc2ccccc2)N1c1ccc(-c2ccccc2)cc1. The molecule has 1 unspecified atom stereocenters. The van der Waals surface area contributed by atoms with Crippen LogP contribution in [-0.2, 0) is 11.3 Å². The molecule has 0 fully saturated rings. The first-order valence-electron chi connectivity index (χ1n) is 15.8. The van der Waals surface area contributed by atoms with Gasteiger partial charge in [0.25, 0.3) is 0 Å². The van der Waals surface area contributed by atoms with Crippen molar-refractivity contribution in [2.75, 3.05) is 39.1 Å². The molecular weight excluding hydrogens is 542 g/mol. The molecule has 0 aliphatic carbocycles. The van der Waals surface area contributed by atoms with Crippen LogP contribution in [0.3, 0.4) is 0 Å². The Kier molecular flexibility index (Phi) is 10.8. The number of fused-ring (bicyclic) bond motifs is 1. The Balaban J connectivity index is 1.41. The van der Waals surface area contributed by atoms with E-state index >= 15 is 0 Å². The molecule has 1 heterocycles. The first kappa shape index (κ1) is 31.0. The number of carbonyl (C=O) groups excluding carboxylic acids is 1. The normalized spacial score (nSPS) is 14.2. The highest BCUT2D eigenvalue weighted by atomic mass is 16.1. The molecular formula is C38H45N5O. The van der Waals surface area contributed by atoms with Gasteiger partial charge in [-0.15, -0.1) is 0 Å². The number of nitrogens with one attached hydrogen (secondary N) is 1. The molecule has 6 heteroatoms. The lowest BCUT2D eigenvalue weighted by atomic mass is 9.96. The molecule has 0 bridgehead atoms. The van der Waals surface area contributed by atoms with Crippen molar-refractivity contribution in [1.82, 2.24) is 15.1 Å². The van der Waals surface area contributed by atoms with Crippen LogP contribution in [0.4, 0.5) is 11.4 Å². The maximum absolute atomic E-state index is 13.5. The second kappa shape index (κ2) is 15.3. The van der Waals surface area contributed by atoms with Crippen LogP contribution in [0.1, 0.15) is 49.3 Å². The van der Waals surface area contributed by atoms with Gasteiger partial charge in [-0.3, -0.25) is 4.79 Å². The largest absolute Gasteiger partial charge is 0.352 e. The van der Waals surface area contributed by atoms with Gasteiger partial charge in [0.15, 0.2) is 0 Å². The average Bonchev–Trinajstić information content (AvgIpc) is 3.06. The zero-order chi connectivity index (χ0) is 30.7. The molecule has 1 aliphatic rings. The predicted molar refractivity (Wildman–Crippen MR) is 183 cm³/mol. The lowest BCUT2D eigenvalue weighted by Gasteiger charge is -2.41. The number of rotatable bonds is 13. The van der Waals surface area contributed by atoms with E-state index in [9.17, 15) is 4.79 Å². The topological polar surface area (TPSA) is 51.2 Å². The summed E-state index contributed by atoms with van der Waals surface area (Å²) < 4.78 is 0. The van der Waals surface area contributed by atoms with E-state index in [2.05, 4.69) is 102 Å². The Labute approximate surface area is 263 Å². The minimum Gasteiger partial charge on any atom is -0.352 e. The fraction of sp³-hybridized carbons (Fsp3) is 0.316. The number of guanidine groups is 1. The zero-order valence-corrected chi connectivity index (χ0v) is 26.3. The molecule has 4 aromatic carbocycles. The van der Waals surface area contributed by atoms with Crippen molar-refractivity contribution < 1.29 is 4.79 Å². The first-order chi connectivity index (χ1) is 21.5. The van der Waals surface area contributed by atoms with Crippen molar-refractivity contribution in [2.45, 2.75) is 44.7 Å². The number of carbonyl (C=O) groups is 1. The molecule has 0 aromatic heterocycles. The van der Waals surface area contributed by atoms with E-state index in [1.54, 1.807) is 0 Å². The molecule has 6 nitrogen and oxygen atoms in total. The second-order valence-electron chi connectivity index (χ2n) is 11.9. The molecule has 0 saturated carbocycles. The van der Waals surface area contributed by atoms with Gasteiger partial charge in [-0.25, -0.2) is 4.99 Å². The molecule has 5 rings (SSSR count). The van der Waals surface area contributed by atoms with Crippen molar-refractivity contribution in [3.8, 4) is 11.1 Å². The number of para-hydroxylation sites is 1. The third-order valence-corrected chi connectivity index (χ3v) is 8.20. The Morgan fingerprint density at radius 2 is 1.34 bits per heavy atom. The van der Waals surface area contributed by atoms with Crippen LogP contribution in [0.15, 0.2) is 114 Å². The molecule has 0 spiro atoms. The monoisotopic (exact) mass is 587 g/mol. The average molecular weight is 588 g/mol. The third kappa shape index (κ3) is 8.14. The van der Waals surface area contributed by atoms with Gasteiger partial charge >= 0.3 is 0 Å². The van der Waals surface area contributed by atoms with Crippen molar-refractivity contribution in [2.24, 2.45) is 4.99 Å². The first-order valence-corrected chi connectivity index (χ1v) is 15.8. The summed E-state index contributed by atoms with van der Waals surface area (Å²) in [7, 11) is 6.39. The van der Waals surface area contributed by atoms with Crippen LogP contribution in [-0.4, -0.2) is 55.9 Å². The summed E-state index contributed by atoms with van der Waals surface area (Å²) in [6.07, 6.45) is 5.02. The minimum absolute atomic E-state index is 0.0179. The fourth-order valence-corrected chi connectivity index (χ4v) is 5.80. The lowest BCUT2D eigenvalue weighted by molar-refractivity contribution is -0.121. The number of aliphatic imine (C=N–C) groups is 1. The Hall–Kier alpha value is -4.42. The maximum Gasteiger partial charge on any atom is 0.222 e. The molecule has 4 aromatic rings. The molecule has 1 aliphatic heterocycles. The number of anilines is 1. The molecule has 228 valence electrons. The number of unbranched alkanes of at least 4 members (excludes halogenated alkanes) is 3. The Bertz CT molecular complexity index is 1500. The van der Waals surface area contributed by atoms with Crippen LogP contribution in [0, 0.1) is 0 Å². The molecule has 0 saturated heterocycles. The highest BCUT2D eigenvalue weighted by Gasteiger charge is 2.34. The highest BCUT2D eigenvalue weighted by molar-refractivity contribution is 6.01. The molecule has 44 heavy (non-hydrogen) atoms. The number of amides is 1. The van der Waals surface area contributed by atoms with Crippen LogP contribution in [0.25, 0.3) is 11.1 Å². The predicted octanol–water partition coefficient (Wildman–Crippen LogP) is 7.66. The number of benzene rings is 4. The third-order valence-electron chi connectivity index (χ3n) is 8.20. The van der Waals surface area contributed by atoms with E-state index < -0.39 is 0 Å². The van der Waals surface area contributed by atoms with E-state index in [0.29, 0.717) is 13.0 Å². The summed E-state index contributed by atoms with van der Waals surface area (Å²) in [5.74, 6) is 0.898. The van der Waals surface area contributed by atoms with Crippen LogP contribution in [0.2, 0.25) is 0 Å². The second-order valence-corrected chi connectivity index (χ2v) is 11.9. The van der Waals surface area contributed by atoms with Gasteiger partial charge in [0, 0.05) is 31.4 Å². The fourth-order valence-electron chi connectivity index (χ4n) is 5.80. The van der Waals surface area contributed by atoms with E-state index in [1.807, 2.05) is 48.5 Å². The lowest BCUT2D eigenvalue weighted by Crippen LogP contribution is -2.47. The van der Waals surface area contributed by atoms with Crippen molar-refractivity contribution in [1.29, 1.82) is 0 Å².